The van der Waals surface area contributed by atoms with Crippen molar-refractivity contribution in [1.29, 1.82) is 0 Å². The first kappa shape index (κ1) is 21.0. The van der Waals surface area contributed by atoms with Gasteiger partial charge in [0.25, 0.3) is 5.91 Å². The van der Waals surface area contributed by atoms with Crippen molar-refractivity contribution in [2.75, 3.05) is 5.32 Å². The van der Waals surface area contributed by atoms with E-state index in [1.165, 1.54) is 12.8 Å². The molecule has 1 fully saturated rings. The third kappa shape index (κ3) is 6.39. The van der Waals surface area contributed by atoms with E-state index in [2.05, 4.69) is 16.0 Å². The molecule has 6 heteroatoms. The van der Waals surface area contributed by atoms with Crippen molar-refractivity contribution in [1.82, 2.24) is 10.6 Å². The molecule has 0 radical (unpaired) electrons. The van der Waals surface area contributed by atoms with Crippen LogP contribution in [0.25, 0.3) is 0 Å². The molecule has 0 heterocycles. The van der Waals surface area contributed by atoms with Gasteiger partial charge in [0.05, 0.1) is 6.04 Å². The summed E-state index contributed by atoms with van der Waals surface area (Å²) in [6.07, 6.45) is 5.16. The summed E-state index contributed by atoms with van der Waals surface area (Å²) in [6.45, 7) is 1.95. The first-order valence-corrected chi connectivity index (χ1v) is 10.5. The Morgan fingerprint density at radius 3 is 2.52 bits per heavy atom. The number of carbonyl (C=O) groups excluding carboxylic acids is 2. The summed E-state index contributed by atoms with van der Waals surface area (Å²) in [4.78, 5) is 24.7. The Morgan fingerprint density at radius 2 is 1.79 bits per heavy atom. The minimum atomic E-state index is -0.166. The zero-order valence-corrected chi connectivity index (χ0v) is 17.4. The van der Waals surface area contributed by atoms with Crippen molar-refractivity contribution in [3.8, 4) is 0 Å². The second-order valence-electron chi connectivity index (χ2n) is 7.54. The third-order valence-electron chi connectivity index (χ3n) is 5.23. The highest BCUT2D eigenvalue weighted by atomic mass is 32.1. The fraction of sp³-hybridized carbons (Fsp3) is 0.348. The Labute approximate surface area is 177 Å². The Bertz CT molecular complexity index is 863. The number of thiocarbonyl (C=S) groups is 1. The van der Waals surface area contributed by atoms with E-state index in [4.69, 9.17) is 12.2 Å². The minimum absolute atomic E-state index is 0.0556. The van der Waals surface area contributed by atoms with Gasteiger partial charge in [-0.15, -0.1) is 0 Å². The van der Waals surface area contributed by atoms with Crippen molar-refractivity contribution in [2.45, 2.75) is 45.1 Å². The molecule has 5 nitrogen and oxygen atoms in total. The average Bonchev–Trinajstić information content (AvgIpc) is 3.21. The smallest absolute Gasteiger partial charge is 0.251 e. The molecule has 1 saturated carbocycles. The summed E-state index contributed by atoms with van der Waals surface area (Å²) < 4.78 is 0. The van der Waals surface area contributed by atoms with Crippen molar-refractivity contribution < 1.29 is 9.59 Å². The monoisotopic (exact) mass is 409 g/mol. The molecule has 0 aromatic heterocycles. The number of hydrogen-bond donors (Lipinski definition) is 3. The molecule has 0 spiro atoms. The number of carbonyl (C=O) groups is 2. The minimum Gasteiger partial charge on any atom is -0.346 e. The van der Waals surface area contributed by atoms with Crippen LogP contribution in [0.3, 0.4) is 0 Å². The largest absolute Gasteiger partial charge is 0.346 e. The maximum absolute atomic E-state index is 12.6. The molecule has 2 aromatic rings. The van der Waals surface area contributed by atoms with Crippen molar-refractivity contribution in [2.24, 2.45) is 5.92 Å². The van der Waals surface area contributed by atoms with Crippen molar-refractivity contribution >= 4 is 34.8 Å². The van der Waals surface area contributed by atoms with Crippen LogP contribution in [0.15, 0.2) is 54.6 Å². The van der Waals surface area contributed by atoms with Gasteiger partial charge in [-0.05, 0) is 61.7 Å². The first-order chi connectivity index (χ1) is 14.0. The van der Waals surface area contributed by atoms with Crippen LogP contribution in [0.2, 0.25) is 0 Å². The predicted molar refractivity (Wildman–Crippen MR) is 120 cm³/mol. The van der Waals surface area contributed by atoms with Crippen LogP contribution >= 0.6 is 12.2 Å². The molecule has 0 bridgehead atoms. The summed E-state index contributed by atoms with van der Waals surface area (Å²) in [6, 6.07) is 16.8. The highest BCUT2D eigenvalue weighted by Gasteiger charge is 2.19. The quantitative estimate of drug-likeness (QED) is 0.611. The third-order valence-corrected chi connectivity index (χ3v) is 5.44. The van der Waals surface area contributed by atoms with Gasteiger partial charge < -0.3 is 16.0 Å². The molecule has 1 aliphatic rings. The maximum atomic E-state index is 12.6. The molecule has 1 atom stereocenters. The lowest BCUT2D eigenvalue weighted by Crippen LogP contribution is -2.35. The van der Waals surface area contributed by atoms with E-state index in [9.17, 15) is 9.59 Å². The zero-order valence-electron chi connectivity index (χ0n) is 16.6. The highest BCUT2D eigenvalue weighted by molar-refractivity contribution is 7.80. The molecule has 1 aliphatic carbocycles. The van der Waals surface area contributed by atoms with Gasteiger partial charge in [-0.25, -0.2) is 0 Å². The van der Waals surface area contributed by atoms with Gasteiger partial charge in [0.15, 0.2) is 5.11 Å². The maximum Gasteiger partial charge on any atom is 0.251 e. The van der Waals surface area contributed by atoms with E-state index < -0.39 is 0 Å². The Balaban J connectivity index is 1.53. The summed E-state index contributed by atoms with van der Waals surface area (Å²) in [5, 5.41) is 8.99. The fourth-order valence-electron chi connectivity index (χ4n) is 3.66. The molecule has 152 valence electrons. The standard InChI is InChI=1S/C23H27N3O2S/c1-16(18-10-3-2-4-11-18)24-22(28)19-12-7-13-20(15-19)25-23(29)26-21(27)14-17-8-5-6-9-17/h2-4,7,10-13,15-17H,5-6,8-9,14H2,1H3,(H,24,28)(H2,25,26,27,29). The van der Waals surface area contributed by atoms with E-state index in [0.29, 0.717) is 23.6 Å². The topological polar surface area (TPSA) is 70.2 Å². The van der Waals surface area contributed by atoms with E-state index in [1.54, 1.807) is 18.2 Å². The molecule has 2 amide bonds. The molecular weight excluding hydrogens is 382 g/mol. The van der Waals surface area contributed by atoms with Crippen LogP contribution in [-0.2, 0) is 4.79 Å². The SMILES string of the molecule is CC(NC(=O)c1cccc(NC(=S)NC(=O)CC2CCCC2)c1)c1ccccc1. The summed E-state index contributed by atoms with van der Waals surface area (Å²) >= 11 is 5.25. The molecule has 0 aliphatic heterocycles. The Hall–Kier alpha value is -2.73. The molecule has 3 rings (SSSR count). The molecule has 0 saturated heterocycles. The highest BCUT2D eigenvalue weighted by Crippen LogP contribution is 2.27. The average molecular weight is 410 g/mol. The van der Waals surface area contributed by atoms with E-state index in [1.807, 2.05) is 43.3 Å². The van der Waals surface area contributed by atoms with Gasteiger partial charge in [-0.2, -0.15) is 0 Å². The number of rotatable bonds is 6. The van der Waals surface area contributed by atoms with Crippen LogP contribution < -0.4 is 16.0 Å². The lowest BCUT2D eigenvalue weighted by molar-refractivity contribution is -0.120. The summed E-state index contributed by atoms with van der Waals surface area (Å²) in [7, 11) is 0. The van der Waals surface area contributed by atoms with Gasteiger partial charge in [0.2, 0.25) is 5.91 Å². The van der Waals surface area contributed by atoms with Crippen LogP contribution in [-0.4, -0.2) is 16.9 Å². The van der Waals surface area contributed by atoms with Crippen LogP contribution in [0, 0.1) is 5.92 Å². The molecule has 29 heavy (non-hydrogen) atoms. The van der Waals surface area contributed by atoms with Crippen LogP contribution in [0.4, 0.5) is 5.69 Å². The van der Waals surface area contributed by atoms with E-state index in [0.717, 1.165) is 18.4 Å². The molecular formula is C23H27N3O2S. The van der Waals surface area contributed by atoms with Gasteiger partial charge in [-0.3, -0.25) is 9.59 Å². The number of amides is 2. The molecule has 2 aromatic carbocycles. The Morgan fingerprint density at radius 1 is 1.07 bits per heavy atom. The predicted octanol–water partition coefficient (Wildman–Crippen LogP) is 4.57. The van der Waals surface area contributed by atoms with Crippen molar-refractivity contribution in [3.63, 3.8) is 0 Å². The normalized spacial score (nSPS) is 14.8. The number of nitrogens with one attached hydrogen (secondary N) is 3. The van der Waals surface area contributed by atoms with Gasteiger partial charge in [0, 0.05) is 17.7 Å². The van der Waals surface area contributed by atoms with Gasteiger partial charge in [0.1, 0.15) is 0 Å². The van der Waals surface area contributed by atoms with E-state index in [-0.39, 0.29) is 23.0 Å². The van der Waals surface area contributed by atoms with Gasteiger partial charge in [-0.1, -0.05) is 49.2 Å². The van der Waals surface area contributed by atoms with Gasteiger partial charge >= 0.3 is 0 Å². The zero-order chi connectivity index (χ0) is 20.6. The first-order valence-electron chi connectivity index (χ1n) is 10.1. The van der Waals surface area contributed by atoms with Crippen LogP contribution in [0.1, 0.15) is 61.0 Å². The van der Waals surface area contributed by atoms with Crippen LogP contribution in [0.5, 0.6) is 0 Å². The number of anilines is 1. The number of benzene rings is 2. The molecule has 1 unspecified atom stereocenters. The Kier molecular flexibility index (Phi) is 7.36. The second kappa shape index (κ2) is 10.2. The lowest BCUT2D eigenvalue weighted by atomic mass is 10.0. The van der Waals surface area contributed by atoms with E-state index >= 15 is 0 Å². The number of hydrogen-bond acceptors (Lipinski definition) is 3. The molecule has 3 N–H and O–H groups in total. The fourth-order valence-corrected chi connectivity index (χ4v) is 3.89. The summed E-state index contributed by atoms with van der Waals surface area (Å²) in [5.41, 5.74) is 2.23. The second-order valence-corrected chi connectivity index (χ2v) is 7.95. The lowest BCUT2D eigenvalue weighted by Gasteiger charge is -2.15. The summed E-state index contributed by atoms with van der Waals surface area (Å²) in [5.74, 6) is 0.248. The van der Waals surface area contributed by atoms with Crippen molar-refractivity contribution in [3.05, 3.63) is 65.7 Å².